The third-order valence-corrected chi connectivity index (χ3v) is 3.94. The maximum absolute atomic E-state index is 12.3. The molecule has 0 radical (unpaired) electrons. The molecule has 2 aromatic rings. The Morgan fingerprint density at radius 3 is 2.53 bits per heavy atom. The Labute approximate surface area is 126 Å². The van der Waals surface area contributed by atoms with Gasteiger partial charge in [0.2, 0.25) is 0 Å². The molecule has 2 aromatic carbocycles. The van der Waals surface area contributed by atoms with Gasteiger partial charge in [-0.15, -0.1) is 0 Å². The molecule has 2 rings (SSSR count). The molecule has 0 aliphatic heterocycles. The Kier molecular flexibility index (Phi) is 4.43. The number of hydrogen-bond acceptors (Lipinski definition) is 1. The fourth-order valence-corrected chi connectivity index (χ4v) is 2.69. The number of hydrogen-bond donors (Lipinski definition) is 0. The van der Waals surface area contributed by atoms with Crippen LogP contribution in [0.1, 0.15) is 27.0 Å². The molecule has 0 fully saturated rings. The van der Waals surface area contributed by atoms with E-state index >= 15 is 0 Å². The molecule has 98 valence electrons. The second-order valence-electron chi connectivity index (χ2n) is 4.65. The Balaban J connectivity index is 2.28. The van der Waals surface area contributed by atoms with E-state index in [1.54, 1.807) is 0 Å². The molecule has 0 aliphatic rings. The van der Waals surface area contributed by atoms with Gasteiger partial charge in [0, 0.05) is 16.5 Å². The van der Waals surface area contributed by atoms with Crippen LogP contribution in [0, 0.1) is 13.8 Å². The highest BCUT2D eigenvalue weighted by molar-refractivity contribution is 9.10. The maximum atomic E-state index is 12.3. The summed E-state index contributed by atoms with van der Waals surface area (Å²) in [4.78, 5) is 12.3. The fourth-order valence-electron chi connectivity index (χ4n) is 1.92. The van der Waals surface area contributed by atoms with Crippen LogP contribution in [0.2, 0.25) is 5.02 Å². The molecular weight excluding hydrogens is 324 g/mol. The summed E-state index contributed by atoms with van der Waals surface area (Å²) in [7, 11) is 0. The maximum Gasteiger partial charge on any atom is 0.168 e. The summed E-state index contributed by atoms with van der Waals surface area (Å²) < 4.78 is 0.976. The summed E-state index contributed by atoms with van der Waals surface area (Å²) in [6.45, 7) is 3.98. The number of aryl methyl sites for hydroxylation is 2. The number of carbonyl (C=O) groups is 1. The highest BCUT2D eigenvalue weighted by Crippen LogP contribution is 2.23. The zero-order valence-corrected chi connectivity index (χ0v) is 13.2. The Bertz CT molecular complexity index is 635. The van der Waals surface area contributed by atoms with Gasteiger partial charge in [0.05, 0.1) is 5.02 Å². The number of carbonyl (C=O) groups excluding carboxylic acids is 1. The number of Topliss-reactive ketones (excluding diaryl/α,β-unsaturated/α-hetero) is 1. The molecule has 0 unspecified atom stereocenters. The second kappa shape index (κ2) is 5.89. The molecular formula is C16H14BrClO. The minimum Gasteiger partial charge on any atom is -0.294 e. The van der Waals surface area contributed by atoms with Gasteiger partial charge >= 0.3 is 0 Å². The SMILES string of the molecule is Cc1cc(Cl)c(C(=O)Cc2cccc(Br)c2)cc1C. The number of rotatable bonds is 3. The summed E-state index contributed by atoms with van der Waals surface area (Å²) in [5.41, 5.74) is 3.77. The predicted molar refractivity (Wildman–Crippen MR) is 83.1 cm³/mol. The van der Waals surface area contributed by atoms with Gasteiger partial charge in [-0.1, -0.05) is 39.7 Å². The average molecular weight is 338 g/mol. The van der Waals surface area contributed by atoms with Gasteiger partial charge in [-0.25, -0.2) is 0 Å². The van der Waals surface area contributed by atoms with E-state index in [1.165, 1.54) is 0 Å². The lowest BCUT2D eigenvalue weighted by atomic mass is 9.99. The Morgan fingerprint density at radius 1 is 1.16 bits per heavy atom. The van der Waals surface area contributed by atoms with Crippen LogP contribution in [0.15, 0.2) is 40.9 Å². The molecule has 0 bridgehead atoms. The third kappa shape index (κ3) is 3.46. The Hall–Kier alpha value is -1.12. The molecule has 0 heterocycles. The Morgan fingerprint density at radius 2 is 1.84 bits per heavy atom. The van der Waals surface area contributed by atoms with Crippen LogP contribution in [-0.4, -0.2) is 5.78 Å². The van der Waals surface area contributed by atoms with Crippen LogP contribution in [0.3, 0.4) is 0 Å². The van der Waals surface area contributed by atoms with Crippen molar-refractivity contribution in [3.05, 3.63) is 68.1 Å². The van der Waals surface area contributed by atoms with Crippen LogP contribution in [-0.2, 0) is 6.42 Å². The largest absolute Gasteiger partial charge is 0.294 e. The van der Waals surface area contributed by atoms with Gasteiger partial charge in [-0.2, -0.15) is 0 Å². The van der Waals surface area contributed by atoms with Gasteiger partial charge < -0.3 is 0 Å². The van der Waals surface area contributed by atoms with Crippen molar-refractivity contribution in [3.63, 3.8) is 0 Å². The summed E-state index contributed by atoms with van der Waals surface area (Å²) in [5.74, 6) is 0.0474. The van der Waals surface area contributed by atoms with Crippen molar-refractivity contribution >= 4 is 33.3 Å². The number of halogens is 2. The van der Waals surface area contributed by atoms with E-state index in [-0.39, 0.29) is 5.78 Å². The number of ketones is 1. The molecule has 0 saturated carbocycles. The molecule has 19 heavy (non-hydrogen) atoms. The summed E-state index contributed by atoms with van der Waals surface area (Å²) in [5, 5.41) is 0.531. The van der Waals surface area contributed by atoms with Crippen LogP contribution < -0.4 is 0 Å². The van der Waals surface area contributed by atoms with Gasteiger partial charge in [0.15, 0.2) is 5.78 Å². The lowest BCUT2D eigenvalue weighted by Gasteiger charge is -2.08. The van der Waals surface area contributed by atoms with Crippen molar-refractivity contribution in [1.82, 2.24) is 0 Å². The molecule has 0 aliphatic carbocycles. The lowest BCUT2D eigenvalue weighted by Crippen LogP contribution is -2.05. The molecule has 1 nitrogen and oxygen atoms in total. The van der Waals surface area contributed by atoms with Gasteiger partial charge in [-0.05, 0) is 54.8 Å². The highest BCUT2D eigenvalue weighted by Gasteiger charge is 2.12. The summed E-state index contributed by atoms with van der Waals surface area (Å²) >= 11 is 9.57. The van der Waals surface area contributed by atoms with E-state index in [9.17, 15) is 4.79 Å². The molecule has 0 atom stereocenters. The minimum atomic E-state index is 0.0474. The molecule has 0 N–H and O–H groups in total. The van der Waals surface area contributed by atoms with E-state index < -0.39 is 0 Å². The molecule has 0 saturated heterocycles. The van der Waals surface area contributed by atoms with Crippen molar-refractivity contribution in [2.24, 2.45) is 0 Å². The van der Waals surface area contributed by atoms with Crippen molar-refractivity contribution in [2.75, 3.05) is 0 Å². The topological polar surface area (TPSA) is 17.1 Å². The van der Waals surface area contributed by atoms with Crippen molar-refractivity contribution in [2.45, 2.75) is 20.3 Å². The molecule has 0 spiro atoms. The van der Waals surface area contributed by atoms with Crippen LogP contribution >= 0.6 is 27.5 Å². The van der Waals surface area contributed by atoms with E-state index in [0.717, 1.165) is 21.2 Å². The zero-order chi connectivity index (χ0) is 14.0. The van der Waals surface area contributed by atoms with Crippen LogP contribution in [0.25, 0.3) is 0 Å². The minimum absolute atomic E-state index is 0.0474. The van der Waals surface area contributed by atoms with E-state index in [4.69, 9.17) is 11.6 Å². The number of benzene rings is 2. The smallest absolute Gasteiger partial charge is 0.168 e. The third-order valence-electron chi connectivity index (χ3n) is 3.14. The second-order valence-corrected chi connectivity index (χ2v) is 5.97. The fraction of sp³-hybridized carbons (Fsp3) is 0.188. The summed E-state index contributed by atoms with van der Waals surface area (Å²) in [6.07, 6.45) is 0.363. The van der Waals surface area contributed by atoms with E-state index in [1.807, 2.05) is 50.2 Å². The van der Waals surface area contributed by atoms with Crippen molar-refractivity contribution in [3.8, 4) is 0 Å². The average Bonchev–Trinajstić information content (AvgIpc) is 2.33. The van der Waals surface area contributed by atoms with Crippen molar-refractivity contribution in [1.29, 1.82) is 0 Å². The first kappa shape index (κ1) is 14.3. The lowest BCUT2D eigenvalue weighted by molar-refractivity contribution is 0.0993. The van der Waals surface area contributed by atoms with Crippen molar-refractivity contribution < 1.29 is 4.79 Å². The van der Waals surface area contributed by atoms with Gasteiger partial charge in [-0.3, -0.25) is 4.79 Å². The molecule has 0 amide bonds. The van der Waals surface area contributed by atoms with E-state index in [0.29, 0.717) is 17.0 Å². The summed E-state index contributed by atoms with van der Waals surface area (Å²) in [6, 6.07) is 11.5. The monoisotopic (exact) mass is 336 g/mol. The van der Waals surface area contributed by atoms with Crippen LogP contribution in [0.4, 0.5) is 0 Å². The van der Waals surface area contributed by atoms with Gasteiger partial charge in [0.25, 0.3) is 0 Å². The molecule has 3 heteroatoms. The first-order chi connectivity index (χ1) is 8.97. The van der Waals surface area contributed by atoms with E-state index in [2.05, 4.69) is 15.9 Å². The quantitative estimate of drug-likeness (QED) is 0.708. The predicted octanol–water partition coefficient (Wildman–Crippen LogP) is 5.14. The van der Waals surface area contributed by atoms with Gasteiger partial charge in [0.1, 0.15) is 0 Å². The highest BCUT2D eigenvalue weighted by atomic mass is 79.9. The first-order valence-electron chi connectivity index (χ1n) is 6.02. The molecule has 0 aromatic heterocycles. The zero-order valence-electron chi connectivity index (χ0n) is 10.8. The normalized spacial score (nSPS) is 10.5. The first-order valence-corrected chi connectivity index (χ1v) is 7.19. The van der Waals surface area contributed by atoms with Crippen LogP contribution in [0.5, 0.6) is 0 Å². The standard InChI is InChI=1S/C16H14BrClO/c1-10-6-14(15(18)7-11(10)2)16(19)9-12-4-3-5-13(17)8-12/h3-8H,9H2,1-2H3.